The average Bonchev–Trinajstić information content (AvgIpc) is 2.28. The summed E-state index contributed by atoms with van der Waals surface area (Å²) in [5, 5.41) is 18.5. The molecule has 0 bridgehead atoms. The molecule has 0 spiro atoms. The van der Waals surface area contributed by atoms with Gasteiger partial charge in [-0.3, -0.25) is 0 Å². The summed E-state index contributed by atoms with van der Waals surface area (Å²) < 4.78 is 24.2. The third kappa shape index (κ3) is 3.58. The number of halogens is 1. The number of methoxy groups -OCH3 is 1. The number of hydrogen-bond acceptors (Lipinski definition) is 4. The first-order chi connectivity index (χ1) is 8.49. The molecule has 1 rings (SSSR count). The molecule has 0 saturated heterocycles. The first kappa shape index (κ1) is 14.7. The summed E-state index contributed by atoms with van der Waals surface area (Å²) in [6.45, 7) is 3.46. The molecule has 0 amide bonds. The van der Waals surface area contributed by atoms with Gasteiger partial charge in [-0.15, -0.1) is 0 Å². The molecule has 0 unspecified atom stereocenters. The van der Waals surface area contributed by atoms with Gasteiger partial charge in [0.05, 0.1) is 19.3 Å². The Hall–Kier alpha value is -1.33. The van der Waals surface area contributed by atoms with Crippen LogP contribution in [0.1, 0.15) is 31.9 Å². The smallest absolute Gasteiger partial charge is 0.196 e. The van der Waals surface area contributed by atoms with E-state index in [1.807, 2.05) is 13.8 Å². The van der Waals surface area contributed by atoms with Gasteiger partial charge < -0.3 is 19.7 Å². The molecule has 0 aliphatic heterocycles. The third-order valence-electron chi connectivity index (χ3n) is 2.39. The van der Waals surface area contributed by atoms with Crippen molar-refractivity contribution >= 4 is 0 Å². The van der Waals surface area contributed by atoms with E-state index in [9.17, 15) is 9.50 Å². The summed E-state index contributed by atoms with van der Waals surface area (Å²) >= 11 is 0. The second-order valence-electron chi connectivity index (χ2n) is 4.23. The molecular formula is C13H19FO4. The highest BCUT2D eigenvalue weighted by atomic mass is 19.1. The highest BCUT2D eigenvalue weighted by Crippen LogP contribution is 2.34. The molecule has 0 aromatic heterocycles. The Morgan fingerprint density at radius 3 is 2.50 bits per heavy atom. The van der Waals surface area contributed by atoms with E-state index >= 15 is 0 Å². The molecule has 0 radical (unpaired) electrons. The Morgan fingerprint density at radius 1 is 1.33 bits per heavy atom. The SMILES string of the molecule is COc1c(F)cc([C@@H](O)CCO)cc1OC(C)C. The van der Waals surface area contributed by atoms with E-state index in [4.69, 9.17) is 14.6 Å². The van der Waals surface area contributed by atoms with Crippen LogP contribution >= 0.6 is 0 Å². The molecule has 0 aliphatic rings. The molecule has 1 atom stereocenters. The lowest BCUT2D eigenvalue weighted by molar-refractivity contribution is 0.133. The molecule has 102 valence electrons. The van der Waals surface area contributed by atoms with Crippen LogP contribution in [0.15, 0.2) is 12.1 Å². The molecule has 1 aromatic rings. The Kier molecular flexibility index (Phi) is 5.37. The molecule has 0 fully saturated rings. The zero-order chi connectivity index (χ0) is 13.7. The van der Waals surface area contributed by atoms with Crippen molar-refractivity contribution in [1.82, 2.24) is 0 Å². The van der Waals surface area contributed by atoms with E-state index in [1.54, 1.807) is 0 Å². The van der Waals surface area contributed by atoms with Crippen LogP contribution in [0.25, 0.3) is 0 Å². The normalized spacial score (nSPS) is 12.6. The molecule has 18 heavy (non-hydrogen) atoms. The lowest BCUT2D eigenvalue weighted by Gasteiger charge is -2.17. The van der Waals surface area contributed by atoms with Crippen molar-refractivity contribution in [3.05, 3.63) is 23.5 Å². The first-order valence-corrected chi connectivity index (χ1v) is 5.82. The molecule has 0 heterocycles. The lowest BCUT2D eigenvalue weighted by Crippen LogP contribution is -2.09. The van der Waals surface area contributed by atoms with Gasteiger partial charge in [-0.1, -0.05) is 0 Å². The minimum absolute atomic E-state index is 0.0173. The summed E-state index contributed by atoms with van der Waals surface area (Å²) in [4.78, 5) is 0. The summed E-state index contributed by atoms with van der Waals surface area (Å²) in [5.74, 6) is -0.328. The molecule has 1 aromatic carbocycles. The molecule has 0 saturated carbocycles. The quantitative estimate of drug-likeness (QED) is 0.819. The number of ether oxygens (including phenoxy) is 2. The molecule has 4 nitrogen and oxygen atoms in total. The second-order valence-corrected chi connectivity index (χ2v) is 4.23. The van der Waals surface area contributed by atoms with Crippen LogP contribution in [0.3, 0.4) is 0 Å². The Balaban J connectivity index is 3.12. The topological polar surface area (TPSA) is 58.9 Å². The van der Waals surface area contributed by atoms with Crippen LogP contribution in [0, 0.1) is 5.82 Å². The van der Waals surface area contributed by atoms with E-state index in [0.29, 0.717) is 5.56 Å². The number of aliphatic hydroxyl groups excluding tert-OH is 2. The van der Waals surface area contributed by atoms with Crippen LogP contribution in [0.4, 0.5) is 4.39 Å². The first-order valence-electron chi connectivity index (χ1n) is 5.82. The van der Waals surface area contributed by atoms with Gasteiger partial charge in [0, 0.05) is 13.0 Å². The van der Waals surface area contributed by atoms with Gasteiger partial charge in [0.2, 0.25) is 0 Å². The Morgan fingerprint density at radius 2 is 2.00 bits per heavy atom. The fourth-order valence-electron chi connectivity index (χ4n) is 1.61. The standard InChI is InChI=1S/C13H19FO4/c1-8(2)18-12-7-9(11(16)4-5-15)6-10(14)13(12)17-3/h6-8,11,15-16H,4-5H2,1-3H3/t11-/m0/s1. The number of benzene rings is 1. The van der Waals surface area contributed by atoms with Crippen molar-refractivity contribution in [3.8, 4) is 11.5 Å². The van der Waals surface area contributed by atoms with E-state index < -0.39 is 11.9 Å². The Bertz CT molecular complexity index is 393. The van der Waals surface area contributed by atoms with Gasteiger partial charge in [-0.2, -0.15) is 0 Å². The fourth-order valence-corrected chi connectivity index (χ4v) is 1.61. The maximum absolute atomic E-state index is 13.8. The molecule has 2 N–H and O–H groups in total. The van der Waals surface area contributed by atoms with Crippen LogP contribution in [0.5, 0.6) is 11.5 Å². The van der Waals surface area contributed by atoms with Crippen molar-refractivity contribution in [2.24, 2.45) is 0 Å². The van der Waals surface area contributed by atoms with E-state index in [1.165, 1.54) is 19.2 Å². The van der Waals surface area contributed by atoms with Crippen molar-refractivity contribution < 1.29 is 24.1 Å². The van der Waals surface area contributed by atoms with E-state index in [2.05, 4.69) is 0 Å². The minimum atomic E-state index is -0.926. The van der Waals surface area contributed by atoms with Crippen molar-refractivity contribution in [2.45, 2.75) is 32.5 Å². The van der Waals surface area contributed by atoms with Crippen LogP contribution in [-0.2, 0) is 0 Å². The van der Waals surface area contributed by atoms with Gasteiger partial charge >= 0.3 is 0 Å². The zero-order valence-corrected chi connectivity index (χ0v) is 10.8. The maximum atomic E-state index is 13.8. The Labute approximate surface area is 106 Å². The number of aliphatic hydroxyl groups is 2. The highest BCUT2D eigenvalue weighted by molar-refractivity contribution is 5.45. The number of rotatable bonds is 6. The van der Waals surface area contributed by atoms with Crippen LogP contribution < -0.4 is 9.47 Å². The van der Waals surface area contributed by atoms with Crippen molar-refractivity contribution in [1.29, 1.82) is 0 Å². The predicted octanol–water partition coefficient (Wildman–Crippen LogP) is 2.04. The molecule has 0 aliphatic carbocycles. The van der Waals surface area contributed by atoms with E-state index in [0.717, 1.165) is 0 Å². The van der Waals surface area contributed by atoms with Gasteiger partial charge in [0.1, 0.15) is 0 Å². The molecular weight excluding hydrogens is 239 g/mol. The van der Waals surface area contributed by atoms with Gasteiger partial charge in [-0.25, -0.2) is 4.39 Å². The van der Waals surface area contributed by atoms with Crippen molar-refractivity contribution in [2.75, 3.05) is 13.7 Å². The van der Waals surface area contributed by atoms with Crippen LogP contribution in [-0.4, -0.2) is 30.0 Å². The van der Waals surface area contributed by atoms with Crippen LogP contribution in [0.2, 0.25) is 0 Å². The maximum Gasteiger partial charge on any atom is 0.196 e. The summed E-state index contributed by atoms with van der Waals surface area (Å²) in [7, 11) is 1.36. The third-order valence-corrected chi connectivity index (χ3v) is 2.39. The minimum Gasteiger partial charge on any atom is -0.490 e. The van der Waals surface area contributed by atoms with Gasteiger partial charge in [-0.05, 0) is 31.5 Å². The van der Waals surface area contributed by atoms with Crippen molar-refractivity contribution in [3.63, 3.8) is 0 Å². The van der Waals surface area contributed by atoms with Gasteiger partial charge in [0.15, 0.2) is 17.3 Å². The zero-order valence-electron chi connectivity index (χ0n) is 10.8. The average molecular weight is 258 g/mol. The highest BCUT2D eigenvalue weighted by Gasteiger charge is 2.17. The monoisotopic (exact) mass is 258 g/mol. The summed E-state index contributed by atoms with van der Waals surface area (Å²) in [5.41, 5.74) is 0.359. The molecule has 5 heteroatoms. The van der Waals surface area contributed by atoms with E-state index in [-0.39, 0.29) is 30.6 Å². The predicted molar refractivity (Wildman–Crippen MR) is 65.4 cm³/mol. The summed E-state index contributed by atoms with van der Waals surface area (Å²) in [6.07, 6.45) is -0.916. The lowest BCUT2D eigenvalue weighted by atomic mass is 10.1. The second kappa shape index (κ2) is 6.56. The summed E-state index contributed by atoms with van der Waals surface area (Å²) in [6, 6.07) is 2.72. The van der Waals surface area contributed by atoms with Gasteiger partial charge in [0.25, 0.3) is 0 Å². The number of hydrogen-bond donors (Lipinski definition) is 2. The fraction of sp³-hybridized carbons (Fsp3) is 0.538. The largest absolute Gasteiger partial charge is 0.490 e.